The molecule has 20 heavy (non-hydrogen) atoms. The van der Waals surface area contributed by atoms with E-state index in [9.17, 15) is 5.11 Å². The second-order valence-corrected chi connectivity index (χ2v) is 5.39. The Labute approximate surface area is 121 Å². The van der Waals surface area contributed by atoms with Crippen LogP contribution in [0, 0.1) is 5.92 Å². The largest absolute Gasteiger partial charge is 0.508 e. The number of rotatable bonds is 5. The lowest BCUT2D eigenvalue weighted by atomic mass is 9.87. The number of phenolic OH excluding ortho intramolecular Hbond substituents is 1. The molecule has 1 heterocycles. The van der Waals surface area contributed by atoms with Gasteiger partial charge in [-0.15, -0.1) is 0 Å². The molecule has 0 spiro atoms. The highest BCUT2D eigenvalue weighted by atomic mass is 16.5. The number of phenols is 1. The first kappa shape index (κ1) is 15.1. The van der Waals surface area contributed by atoms with E-state index in [4.69, 9.17) is 10.5 Å². The first-order chi connectivity index (χ1) is 9.67. The number of nitrogens with zero attached hydrogens (tertiary/aromatic N) is 1. The van der Waals surface area contributed by atoms with Crippen LogP contribution in [0.5, 0.6) is 5.75 Å². The van der Waals surface area contributed by atoms with Crippen molar-refractivity contribution in [2.75, 3.05) is 31.2 Å². The normalized spacial score (nSPS) is 17.9. The number of hydrogen-bond acceptors (Lipinski definition) is 4. The van der Waals surface area contributed by atoms with Crippen LogP contribution >= 0.6 is 0 Å². The summed E-state index contributed by atoms with van der Waals surface area (Å²) in [7, 11) is 0. The maximum absolute atomic E-state index is 10.3. The van der Waals surface area contributed by atoms with Crippen molar-refractivity contribution in [1.29, 1.82) is 0 Å². The standard InChI is InChI=1S/C16H26N2O2/c1-3-18(4-2)13-5-6-14(15(19)11-13)16(17)12-7-9-20-10-8-12/h5-6,11-12,16,19H,3-4,7-10,17H2,1-2H3/t16-/m1/s1. The first-order valence-corrected chi connectivity index (χ1v) is 7.58. The average Bonchev–Trinajstić information content (AvgIpc) is 2.49. The van der Waals surface area contributed by atoms with Gasteiger partial charge in [0.2, 0.25) is 0 Å². The fraction of sp³-hybridized carbons (Fsp3) is 0.625. The predicted octanol–water partition coefficient (Wildman–Crippen LogP) is 2.66. The van der Waals surface area contributed by atoms with E-state index < -0.39 is 0 Å². The fourth-order valence-corrected chi connectivity index (χ4v) is 2.93. The summed E-state index contributed by atoms with van der Waals surface area (Å²) in [5.41, 5.74) is 8.24. The fourth-order valence-electron chi connectivity index (χ4n) is 2.93. The summed E-state index contributed by atoms with van der Waals surface area (Å²) >= 11 is 0. The van der Waals surface area contributed by atoms with Crippen molar-refractivity contribution in [3.8, 4) is 5.75 Å². The Bertz CT molecular complexity index is 426. The molecular formula is C16H26N2O2. The summed E-state index contributed by atoms with van der Waals surface area (Å²) in [5.74, 6) is 0.711. The molecule has 1 atom stereocenters. The van der Waals surface area contributed by atoms with Gasteiger partial charge in [0, 0.05) is 49.7 Å². The van der Waals surface area contributed by atoms with Crippen molar-refractivity contribution in [2.24, 2.45) is 11.7 Å². The Morgan fingerprint density at radius 3 is 2.50 bits per heavy atom. The molecule has 0 saturated carbocycles. The van der Waals surface area contributed by atoms with E-state index in [-0.39, 0.29) is 6.04 Å². The Balaban J connectivity index is 2.16. The maximum atomic E-state index is 10.3. The molecule has 0 aliphatic carbocycles. The van der Waals surface area contributed by atoms with Crippen LogP contribution in [0.4, 0.5) is 5.69 Å². The molecule has 2 rings (SSSR count). The van der Waals surface area contributed by atoms with Gasteiger partial charge in [-0.25, -0.2) is 0 Å². The zero-order valence-corrected chi connectivity index (χ0v) is 12.5. The molecule has 0 radical (unpaired) electrons. The van der Waals surface area contributed by atoms with E-state index in [1.807, 2.05) is 12.1 Å². The van der Waals surface area contributed by atoms with Crippen molar-refractivity contribution >= 4 is 5.69 Å². The summed E-state index contributed by atoms with van der Waals surface area (Å²) in [5, 5.41) is 10.3. The summed E-state index contributed by atoms with van der Waals surface area (Å²) in [6.07, 6.45) is 1.94. The van der Waals surface area contributed by atoms with Gasteiger partial charge >= 0.3 is 0 Å². The van der Waals surface area contributed by atoms with Crippen LogP contribution in [0.15, 0.2) is 18.2 Å². The molecule has 4 heteroatoms. The molecule has 0 unspecified atom stereocenters. The third kappa shape index (κ3) is 3.25. The highest BCUT2D eigenvalue weighted by Crippen LogP contribution is 2.34. The minimum atomic E-state index is -0.107. The smallest absolute Gasteiger partial charge is 0.122 e. The Hall–Kier alpha value is -1.26. The van der Waals surface area contributed by atoms with Crippen LogP contribution in [0.2, 0.25) is 0 Å². The van der Waals surface area contributed by atoms with Gasteiger partial charge in [0.25, 0.3) is 0 Å². The van der Waals surface area contributed by atoms with Crippen LogP contribution in [0.3, 0.4) is 0 Å². The predicted molar refractivity (Wildman–Crippen MR) is 82.1 cm³/mol. The summed E-state index contributed by atoms with van der Waals surface area (Å²) in [4.78, 5) is 2.21. The van der Waals surface area contributed by atoms with Crippen molar-refractivity contribution in [2.45, 2.75) is 32.7 Å². The van der Waals surface area contributed by atoms with Crippen molar-refractivity contribution in [1.82, 2.24) is 0 Å². The maximum Gasteiger partial charge on any atom is 0.122 e. The number of anilines is 1. The average molecular weight is 278 g/mol. The second-order valence-electron chi connectivity index (χ2n) is 5.39. The highest BCUT2D eigenvalue weighted by Gasteiger charge is 2.24. The summed E-state index contributed by atoms with van der Waals surface area (Å²) in [6, 6.07) is 5.76. The number of hydrogen-bond donors (Lipinski definition) is 2. The van der Waals surface area contributed by atoms with Gasteiger partial charge in [-0.2, -0.15) is 0 Å². The minimum Gasteiger partial charge on any atom is -0.508 e. The van der Waals surface area contributed by atoms with E-state index in [2.05, 4.69) is 24.8 Å². The Kier molecular flexibility index (Phi) is 5.26. The molecule has 1 aromatic carbocycles. The molecule has 1 fully saturated rings. The monoisotopic (exact) mass is 278 g/mol. The zero-order valence-electron chi connectivity index (χ0n) is 12.5. The van der Waals surface area contributed by atoms with E-state index in [1.165, 1.54) is 0 Å². The molecule has 1 aromatic rings. The molecule has 1 saturated heterocycles. The van der Waals surface area contributed by atoms with Gasteiger partial charge in [-0.1, -0.05) is 6.07 Å². The van der Waals surface area contributed by atoms with Gasteiger partial charge in [0.15, 0.2) is 0 Å². The van der Waals surface area contributed by atoms with Crippen LogP contribution in [0.1, 0.15) is 38.3 Å². The topological polar surface area (TPSA) is 58.7 Å². The summed E-state index contributed by atoms with van der Waals surface area (Å²) < 4.78 is 5.37. The third-order valence-electron chi connectivity index (χ3n) is 4.28. The van der Waals surface area contributed by atoms with E-state index >= 15 is 0 Å². The van der Waals surface area contributed by atoms with Gasteiger partial charge in [-0.05, 0) is 38.7 Å². The highest BCUT2D eigenvalue weighted by molar-refractivity contribution is 5.54. The van der Waals surface area contributed by atoms with Crippen molar-refractivity contribution in [3.63, 3.8) is 0 Å². The molecule has 4 nitrogen and oxygen atoms in total. The molecular weight excluding hydrogens is 252 g/mol. The molecule has 0 bridgehead atoms. The molecule has 112 valence electrons. The lowest BCUT2D eigenvalue weighted by Gasteiger charge is -2.29. The van der Waals surface area contributed by atoms with Crippen molar-refractivity contribution < 1.29 is 9.84 Å². The molecule has 0 aromatic heterocycles. The third-order valence-corrected chi connectivity index (χ3v) is 4.28. The van der Waals surface area contributed by atoms with Gasteiger partial charge in [-0.3, -0.25) is 0 Å². The number of benzene rings is 1. The lowest BCUT2D eigenvalue weighted by Crippen LogP contribution is -2.27. The SMILES string of the molecule is CCN(CC)c1ccc([C@H](N)C2CCOCC2)c(O)c1. The van der Waals surface area contributed by atoms with Gasteiger partial charge < -0.3 is 20.5 Å². The van der Waals surface area contributed by atoms with Crippen LogP contribution < -0.4 is 10.6 Å². The number of ether oxygens (including phenoxy) is 1. The number of aromatic hydroxyl groups is 1. The van der Waals surface area contributed by atoms with E-state index in [1.54, 1.807) is 0 Å². The van der Waals surface area contributed by atoms with E-state index in [0.29, 0.717) is 11.7 Å². The van der Waals surface area contributed by atoms with Gasteiger partial charge in [0.05, 0.1) is 0 Å². The van der Waals surface area contributed by atoms with Gasteiger partial charge in [0.1, 0.15) is 5.75 Å². The second kappa shape index (κ2) is 6.95. The van der Waals surface area contributed by atoms with Crippen LogP contribution in [-0.4, -0.2) is 31.4 Å². The minimum absolute atomic E-state index is 0.107. The number of nitrogens with two attached hydrogens (primary N) is 1. The Morgan fingerprint density at radius 1 is 1.30 bits per heavy atom. The first-order valence-electron chi connectivity index (χ1n) is 7.58. The summed E-state index contributed by atoms with van der Waals surface area (Å²) in [6.45, 7) is 7.64. The Morgan fingerprint density at radius 2 is 1.95 bits per heavy atom. The quantitative estimate of drug-likeness (QED) is 0.869. The van der Waals surface area contributed by atoms with Crippen LogP contribution in [-0.2, 0) is 4.74 Å². The zero-order chi connectivity index (χ0) is 14.5. The van der Waals surface area contributed by atoms with E-state index in [0.717, 1.165) is 50.4 Å². The molecule has 0 amide bonds. The molecule has 1 aliphatic heterocycles. The molecule has 1 aliphatic rings. The van der Waals surface area contributed by atoms with Crippen LogP contribution in [0.25, 0.3) is 0 Å². The molecule has 3 N–H and O–H groups in total. The van der Waals surface area contributed by atoms with Crippen molar-refractivity contribution in [3.05, 3.63) is 23.8 Å². The lowest BCUT2D eigenvalue weighted by molar-refractivity contribution is 0.0581.